The summed E-state index contributed by atoms with van der Waals surface area (Å²) in [6.07, 6.45) is 0. The van der Waals surface area contributed by atoms with Crippen LogP contribution >= 0.6 is 11.3 Å². The van der Waals surface area contributed by atoms with Crippen LogP contribution in [0.15, 0.2) is 47.5 Å². The van der Waals surface area contributed by atoms with Crippen molar-refractivity contribution in [3.8, 4) is 0 Å². The van der Waals surface area contributed by atoms with Crippen molar-refractivity contribution < 1.29 is 19.2 Å². The number of nitro groups is 1. The van der Waals surface area contributed by atoms with E-state index in [2.05, 4.69) is 18.8 Å². The molecule has 0 N–H and O–H groups in total. The number of ether oxygens (including phenoxy) is 1. The number of rotatable bonds is 6. The van der Waals surface area contributed by atoms with E-state index in [1.807, 2.05) is 18.2 Å². The predicted molar refractivity (Wildman–Crippen MR) is 114 cm³/mol. The maximum Gasteiger partial charge on any atom is 0.326 e. The van der Waals surface area contributed by atoms with E-state index in [0.29, 0.717) is 5.92 Å². The lowest BCUT2D eigenvalue weighted by molar-refractivity contribution is -0.385. The van der Waals surface area contributed by atoms with E-state index in [9.17, 15) is 19.7 Å². The molecule has 0 saturated heterocycles. The molecule has 0 saturated carbocycles. The highest BCUT2D eigenvalue weighted by molar-refractivity contribution is 7.16. The molecular formula is C21H21N3O5S. The first kappa shape index (κ1) is 21.4. The molecule has 30 heavy (non-hydrogen) atoms. The fraction of sp³-hybridized carbons (Fsp3) is 0.286. The van der Waals surface area contributed by atoms with Gasteiger partial charge in [-0.2, -0.15) is 4.99 Å². The molecule has 3 aromatic rings. The van der Waals surface area contributed by atoms with E-state index >= 15 is 0 Å². The van der Waals surface area contributed by atoms with E-state index < -0.39 is 16.8 Å². The zero-order chi connectivity index (χ0) is 21.8. The summed E-state index contributed by atoms with van der Waals surface area (Å²) < 4.78 is 7.52. The number of hydrogen-bond donors (Lipinski definition) is 0. The van der Waals surface area contributed by atoms with Crippen LogP contribution in [-0.4, -0.2) is 28.0 Å². The number of carbonyl (C=O) groups excluding carboxylic acids is 2. The Kier molecular flexibility index (Phi) is 6.41. The summed E-state index contributed by atoms with van der Waals surface area (Å²) in [5.41, 5.74) is 1.44. The third-order valence-corrected chi connectivity index (χ3v) is 5.54. The second-order valence-electron chi connectivity index (χ2n) is 6.85. The van der Waals surface area contributed by atoms with Crippen molar-refractivity contribution in [1.29, 1.82) is 0 Å². The van der Waals surface area contributed by atoms with E-state index in [4.69, 9.17) is 4.74 Å². The quantitative estimate of drug-likeness (QED) is 0.335. The second kappa shape index (κ2) is 9.00. The van der Waals surface area contributed by atoms with Gasteiger partial charge in [0.25, 0.3) is 11.6 Å². The number of fused-ring (bicyclic) bond motifs is 1. The number of amides is 1. The first-order valence-corrected chi connectivity index (χ1v) is 10.2. The molecule has 1 amide bonds. The van der Waals surface area contributed by atoms with Gasteiger partial charge in [0.15, 0.2) is 4.80 Å². The molecule has 0 aliphatic carbocycles. The Bertz CT molecular complexity index is 1190. The van der Waals surface area contributed by atoms with Crippen molar-refractivity contribution in [2.45, 2.75) is 33.2 Å². The Morgan fingerprint density at radius 1 is 1.23 bits per heavy atom. The zero-order valence-corrected chi connectivity index (χ0v) is 17.6. The Labute approximate surface area is 176 Å². The lowest BCUT2D eigenvalue weighted by Gasteiger charge is -2.07. The van der Waals surface area contributed by atoms with Gasteiger partial charge in [0.2, 0.25) is 0 Å². The van der Waals surface area contributed by atoms with Gasteiger partial charge in [-0.3, -0.25) is 19.7 Å². The smallest absolute Gasteiger partial charge is 0.326 e. The Hall–Kier alpha value is -3.33. The van der Waals surface area contributed by atoms with Gasteiger partial charge >= 0.3 is 5.97 Å². The van der Waals surface area contributed by atoms with E-state index in [1.165, 1.54) is 29.5 Å². The first-order valence-electron chi connectivity index (χ1n) is 9.43. The lowest BCUT2D eigenvalue weighted by atomic mass is 10.0. The standard InChI is InChI=1S/C21H21N3O5S/c1-4-29-19(25)12-23-17-10-9-14(13(2)3)11-18(17)30-21(23)22-20(26)15-7-5-6-8-16(15)24(27)28/h5-11,13H,4,12H2,1-3H3. The monoisotopic (exact) mass is 427 g/mol. The number of aromatic nitrogens is 1. The molecule has 0 spiro atoms. The molecule has 156 valence electrons. The fourth-order valence-corrected chi connectivity index (χ4v) is 4.06. The van der Waals surface area contributed by atoms with Crippen LogP contribution in [0.4, 0.5) is 5.69 Å². The number of esters is 1. The van der Waals surface area contributed by atoms with E-state index in [1.54, 1.807) is 17.6 Å². The van der Waals surface area contributed by atoms with Crippen molar-refractivity contribution in [2.24, 2.45) is 4.99 Å². The highest BCUT2D eigenvalue weighted by atomic mass is 32.1. The summed E-state index contributed by atoms with van der Waals surface area (Å²) in [6, 6.07) is 11.5. The predicted octanol–water partition coefficient (Wildman–Crippen LogP) is 4.04. The second-order valence-corrected chi connectivity index (χ2v) is 7.86. The SMILES string of the molecule is CCOC(=O)Cn1c(=NC(=O)c2ccccc2[N+](=O)[O-])sc2cc(C(C)C)ccc21. The topological polar surface area (TPSA) is 104 Å². The zero-order valence-electron chi connectivity index (χ0n) is 16.8. The number of benzene rings is 2. The van der Waals surface area contributed by atoms with Gasteiger partial charge in [-0.25, -0.2) is 0 Å². The van der Waals surface area contributed by atoms with E-state index in [0.717, 1.165) is 15.8 Å². The molecule has 1 heterocycles. The Morgan fingerprint density at radius 2 is 1.97 bits per heavy atom. The molecule has 9 heteroatoms. The van der Waals surface area contributed by atoms with Crippen LogP contribution in [0.1, 0.15) is 42.6 Å². The molecular weight excluding hydrogens is 406 g/mol. The largest absolute Gasteiger partial charge is 0.465 e. The van der Waals surface area contributed by atoms with Crippen LogP contribution in [-0.2, 0) is 16.1 Å². The third kappa shape index (κ3) is 4.46. The van der Waals surface area contributed by atoms with Crippen LogP contribution in [0, 0.1) is 10.1 Å². The van der Waals surface area contributed by atoms with Crippen molar-refractivity contribution in [2.75, 3.05) is 6.61 Å². The van der Waals surface area contributed by atoms with E-state index in [-0.39, 0.29) is 29.2 Å². The lowest BCUT2D eigenvalue weighted by Crippen LogP contribution is -2.23. The van der Waals surface area contributed by atoms with Crippen LogP contribution in [0.3, 0.4) is 0 Å². The summed E-state index contributed by atoms with van der Waals surface area (Å²) in [7, 11) is 0. The summed E-state index contributed by atoms with van der Waals surface area (Å²) in [5.74, 6) is -0.885. The van der Waals surface area contributed by atoms with Crippen molar-refractivity contribution in [1.82, 2.24) is 4.57 Å². The molecule has 0 fully saturated rings. The van der Waals surface area contributed by atoms with Gasteiger partial charge in [-0.1, -0.05) is 43.4 Å². The minimum absolute atomic E-state index is 0.106. The Balaban J connectivity index is 2.16. The fourth-order valence-electron chi connectivity index (χ4n) is 2.98. The van der Waals surface area contributed by atoms with Gasteiger partial charge < -0.3 is 9.30 Å². The molecule has 8 nitrogen and oxygen atoms in total. The molecule has 0 aliphatic heterocycles. The number of nitrogens with zero attached hydrogens (tertiary/aromatic N) is 3. The maximum atomic E-state index is 12.8. The summed E-state index contributed by atoms with van der Waals surface area (Å²) >= 11 is 1.25. The molecule has 0 atom stereocenters. The first-order chi connectivity index (χ1) is 14.3. The summed E-state index contributed by atoms with van der Waals surface area (Å²) in [4.78, 5) is 39.9. The van der Waals surface area contributed by atoms with Crippen molar-refractivity contribution >= 4 is 39.1 Å². The molecule has 0 bridgehead atoms. The molecule has 3 rings (SSSR count). The molecule has 0 radical (unpaired) electrons. The van der Waals surface area contributed by atoms with Crippen LogP contribution in [0.5, 0.6) is 0 Å². The van der Waals surface area contributed by atoms with Gasteiger partial charge in [0.1, 0.15) is 12.1 Å². The van der Waals surface area contributed by atoms with Crippen molar-refractivity contribution in [3.05, 3.63) is 68.5 Å². The minimum atomic E-state index is -0.740. The summed E-state index contributed by atoms with van der Waals surface area (Å²) in [5, 5.41) is 11.3. The molecule has 2 aromatic carbocycles. The average Bonchev–Trinajstić information content (AvgIpc) is 3.04. The van der Waals surface area contributed by atoms with Crippen LogP contribution in [0.25, 0.3) is 10.2 Å². The maximum absolute atomic E-state index is 12.8. The highest BCUT2D eigenvalue weighted by Gasteiger charge is 2.20. The third-order valence-electron chi connectivity index (χ3n) is 4.49. The van der Waals surface area contributed by atoms with Crippen molar-refractivity contribution in [3.63, 3.8) is 0 Å². The molecule has 0 unspecified atom stereocenters. The summed E-state index contributed by atoms with van der Waals surface area (Å²) in [6.45, 7) is 5.99. The number of thiazole rings is 1. The minimum Gasteiger partial charge on any atom is -0.465 e. The molecule has 1 aromatic heterocycles. The van der Waals surface area contributed by atoms with Gasteiger partial charge in [-0.05, 0) is 36.6 Å². The number of para-hydroxylation sites is 1. The van der Waals surface area contributed by atoms with Crippen LogP contribution in [0.2, 0.25) is 0 Å². The highest BCUT2D eigenvalue weighted by Crippen LogP contribution is 2.24. The number of carbonyl (C=O) groups is 2. The normalized spacial score (nSPS) is 11.8. The van der Waals surface area contributed by atoms with Crippen LogP contribution < -0.4 is 4.80 Å². The Morgan fingerprint density at radius 3 is 2.63 bits per heavy atom. The molecule has 0 aliphatic rings. The average molecular weight is 427 g/mol. The number of nitro benzene ring substituents is 1. The van der Waals surface area contributed by atoms with Gasteiger partial charge in [0, 0.05) is 6.07 Å². The van der Waals surface area contributed by atoms with Gasteiger partial charge in [-0.15, -0.1) is 0 Å². The van der Waals surface area contributed by atoms with Gasteiger partial charge in [0.05, 0.1) is 21.7 Å². The number of hydrogen-bond acceptors (Lipinski definition) is 6.